The van der Waals surface area contributed by atoms with Crippen LogP contribution in [-0.4, -0.2) is 32.1 Å². The number of para-hydroxylation sites is 1. The Morgan fingerprint density at radius 2 is 1.54 bits per heavy atom. The SMILES string of the molecule is CCCCCP(=O)(CCCCC)C(=O)c1cccc(OC)c1OC. The summed E-state index contributed by atoms with van der Waals surface area (Å²) in [5, 5.41) is 0. The third-order valence-corrected chi connectivity index (χ3v) is 7.31. The highest BCUT2D eigenvalue weighted by Crippen LogP contribution is 2.52. The Hall–Kier alpha value is -1.28. The number of rotatable bonds is 12. The van der Waals surface area contributed by atoms with Crippen molar-refractivity contribution in [1.29, 1.82) is 0 Å². The second-order valence-electron chi connectivity index (χ2n) is 6.10. The van der Waals surface area contributed by atoms with Crippen LogP contribution >= 0.6 is 7.14 Å². The number of benzene rings is 1. The lowest BCUT2D eigenvalue weighted by atomic mass is 10.2. The van der Waals surface area contributed by atoms with Crippen molar-refractivity contribution < 1.29 is 18.8 Å². The molecule has 0 radical (unpaired) electrons. The Morgan fingerprint density at radius 1 is 0.958 bits per heavy atom. The molecule has 1 rings (SSSR count). The third kappa shape index (κ3) is 5.37. The number of hydrogen-bond donors (Lipinski definition) is 0. The van der Waals surface area contributed by atoms with Gasteiger partial charge in [0.2, 0.25) is 5.52 Å². The zero-order chi connectivity index (χ0) is 18.0. The van der Waals surface area contributed by atoms with E-state index < -0.39 is 7.14 Å². The fraction of sp³-hybridized carbons (Fsp3) is 0.632. The monoisotopic (exact) mass is 354 g/mol. The Balaban J connectivity index is 3.12. The molecule has 0 aliphatic heterocycles. The molecular formula is C19H31O4P. The Kier molecular flexibility index (Phi) is 9.13. The molecule has 0 heterocycles. The van der Waals surface area contributed by atoms with E-state index in [2.05, 4.69) is 13.8 Å². The molecule has 0 spiro atoms. The van der Waals surface area contributed by atoms with Crippen LogP contribution in [0.4, 0.5) is 0 Å². The van der Waals surface area contributed by atoms with Gasteiger partial charge in [0, 0.05) is 12.3 Å². The van der Waals surface area contributed by atoms with Crippen molar-refractivity contribution in [2.75, 3.05) is 26.5 Å². The molecule has 24 heavy (non-hydrogen) atoms. The van der Waals surface area contributed by atoms with E-state index in [0.717, 1.165) is 38.5 Å². The van der Waals surface area contributed by atoms with Crippen LogP contribution < -0.4 is 9.47 Å². The maximum atomic E-state index is 13.5. The molecule has 0 fully saturated rings. The van der Waals surface area contributed by atoms with Crippen LogP contribution in [0.25, 0.3) is 0 Å². The van der Waals surface area contributed by atoms with E-state index in [9.17, 15) is 9.36 Å². The van der Waals surface area contributed by atoms with Crippen LogP contribution in [0.1, 0.15) is 62.7 Å². The first-order chi connectivity index (χ1) is 11.5. The van der Waals surface area contributed by atoms with Crippen molar-refractivity contribution in [2.24, 2.45) is 0 Å². The van der Waals surface area contributed by atoms with E-state index in [1.807, 2.05) is 0 Å². The van der Waals surface area contributed by atoms with Crippen molar-refractivity contribution in [2.45, 2.75) is 52.4 Å². The van der Waals surface area contributed by atoms with Crippen LogP contribution in [0.15, 0.2) is 18.2 Å². The fourth-order valence-corrected chi connectivity index (χ4v) is 5.54. The van der Waals surface area contributed by atoms with E-state index in [4.69, 9.17) is 9.47 Å². The number of methoxy groups -OCH3 is 2. The van der Waals surface area contributed by atoms with Gasteiger partial charge in [0.15, 0.2) is 18.6 Å². The van der Waals surface area contributed by atoms with Gasteiger partial charge in [-0.25, -0.2) is 0 Å². The van der Waals surface area contributed by atoms with Gasteiger partial charge in [-0.1, -0.05) is 45.6 Å². The molecule has 0 saturated heterocycles. The van der Waals surface area contributed by atoms with Crippen LogP contribution in [0.3, 0.4) is 0 Å². The van der Waals surface area contributed by atoms with Crippen molar-refractivity contribution in [3.8, 4) is 11.5 Å². The molecule has 4 nitrogen and oxygen atoms in total. The first-order valence-electron chi connectivity index (χ1n) is 8.88. The highest BCUT2D eigenvalue weighted by Gasteiger charge is 2.33. The number of ether oxygens (including phenoxy) is 2. The third-order valence-electron chi connectivity index (χ3n) is 4.25. The molecule has 5 heteroatoms. The molecule has 0 amide bonds. The van der Waals surface area contributed by atoms with Gasteiger partial charge in [0.05, 0.1) is 19.8 Å². The normalized spacial score (nSPS) is 11.3. The Bertz CT molecular complexity index is 554. The minimum Gasteiger partial charge on any atom is -0.493 e. The van der Waals surface area contributed by atoms with Gasteiger partial charge >= 0.3 is 0 Å². The lowest BCUT2D eigenvalue weighted by Gasteiger charge is -2.19. The lowest BCUT2D eigenvalue weighted by Crippen LogP contribution is -2.10. The van der Waals surface area contributed by atoms with Gasteiger partial charge in [-0.2, -0.15) is 0 Å². The van der Waals surface area contributed by atoms with Crippen LogP contribution in [0, 0.1) is 0 Å². The maximum absolute atomic E-state index is 13.5. The van der Waals surface area contributed by atoms with Gasteiger partial charge in [0.1, 0.15) is 0 Å². The van der Waals surface area contributed by atoms with Crippen LogP contribution in [-0.2, 0) is 4.57 Å². The molecule has 0 N–H and O–H groups in total. The zero-order valence-corrected chi connectivity index (χ0v) is 16.4. The summed E-state index contributed by atoms with van der Waals surface area (Å²) in [6.45, 7) is 4.21. The van der Waals surface area contributed by atoms with Gasteiger partial charge < -0.3 is 14.0 Å². The minimum absolute atomic E-state index is 0.259. The molecule has 136 valence electrons. The number of unbranched alkanes of at least 4 members (excludes halogenated alkanes) is 4. The van der Waals surface area contributed by atoms with E-state index in [0.29, 0.717) is 29.4 Å². The smallest absolute Gasteiger partial charge is 0.225 e. The van der Waals surface area contributed by atoms with E-state index in [1.165, 1.54) is 14.2 Å². The minimum atomic E-state index is -2.94. The Labute approximate surface area is 146 Å². The summed E-state index contributed by atoms with van der Waals surface area (Å²) < 4.78 is 24.1. The fourth-order valence-electron chi connectivity index (χ4n) is 2.82. The number of hydrogen-bond acceptors (Lipinski definition) is 4. The largest absolute Gasteiger partial charge is 0.493 e. The summed E-state index contributed by atoms with van der Waals surface area (Å²) in [6, 6.07) is 5.18. The molecule has 0 saturated carbocycles. The molecule has 0 aromatic heterocycles. The Morgan fingerprint density at radius 3 is 2.00 bits per heavy atom. The highest BCUT2D eigenvalue weighted by atomic mass is 31.2. The number of carbonyl (C=O) groups is 1. The quantitative estimate of drug-likeness (QED) is 0.363. The highest BCUT2D eigenvalue weighted by molar-refractivity contribution is 7.81. The first-order valence-corrected chi connectivity index (χ1v) is 11.0. The second kappa shape index (κ2) is 10.6. The van der Waals surface area contributed by atoms with Crippen molar-refractivity contribution >= 4 is 12.7 Å². The topological polar surface area (TPSA) is 52.6 Å². The van der Waals surface area contributed by atoms with Gasteiger partial charge in [-0.05, 0) is 25.0 Å². The van der Waals surface area contributed by atoms with Crippen molar-refractivity contribution in [3.63, 3.8) is 0 Å². The summed E-state index contributed by atoms with van der Waals surface area (Å²) in [7, 11) is 0.107. The molecule has 1 aromatic rings. The summed E-state index contributed by atoms with van der Waals surface area (Å²) in [5.74, 6) is 0.883. The first kappa shape index (κ1) is 20.8. The molecule has 0 unspecified atom stereocenters. The summed E-state index contributed by atoms with van der Waals surface area (Å²) >= 11 is 0. The van der Waals surface area contributed by atoms with Crippen LogP contribution in [0.2, 0.25) is 0 Å². The van der Waals surface area contributed by atoms with Crippen LogP contribution in [0.5, 0.6) is 11.5 Å². The molecule has 0 bridgehead atoms. The van der Waals surface area contributed by atoms with E-state index in [-0.39, 0.29) is 5.52 Å². The molecule has 0 aliphatic carbocycles. The molecule has 0 atom stereocenters. The maximum Gasteiger partial charge on any atom is 0.225 e. The van der Waals surface area contributed by atoms with Gasteiger partial charge in [-0.15, -0.1) is 0 Å². The summed E-state index contributed by atoms with van der Waals surface area (Å²) in [5.41, 5.74) is 0.124. The van der Waals surface area contributed by atoms with E-state index in [1.54, 1.807) is 18.2 Å². The predicted molar refractivity (Wildman–Crippen MR) is 100 cm³/mol. The van der Waals surface area contributed by atoms with Gasteiger partial charge in [0.25, 0.3) is 0 Å². The lowest BCUT2D eigenvalue weighted by molar-refractivity contribution is 0.107. The van der Waals surface area contributed by atoms with E-state index >= 15 is 0 Å². The van der Waals surface area contributed by atoms with Crippen molar-refractivity contribution in [1.82, 2.24) is 0 Å². The second-order valence-corrected chi connectivity index (χ2v) is 9.18. The average Bonchev–Trinajstić information content (AvgIpc) is 2.60. The zero-order valence-electron chi connectivity index (χ0n) is 15.5. The average molecular weight is 354 g/mol. The molecular weight excluding hydrogens is 323 g/mol. The molecule has 1 aromatic carbocycles. The van der Waals surface area contributed by atoms with Crippen molar-refractivity contribution in [3.05, 3.63) is 23.8 Å². The van der Waals surface area contributed by atoms with Gasteiger partial charge in [-0.3, -0.25) is 4.79 Å². The summed E-state index contributed by atoms with van der Waals surface area (Å²) in [6.07, 6.45) is 6.74. The number of carbonyl (C=O) groups excluding carboxylic acids is 1. The molecule has 0 aliphatic rings. The standard InChI is InChI=1S/C19H31O4P/c1-5-7-9-14-24(21,15-10-8-6-2)19(20)16-12-11-13-17(22-3)18(16)23-4/h11-13H,5-10,14-15H2,1-4H3. The summed E-state index contributed by atoms with van der Waals surface area (Å²) in [4.78, 5) is 13.1. The predicted octanol–water partition coefficient (Wildman–Crippen LogP) is 5.59.